The number of carbonyl (C=O) groups is 6. The molecule has 139 heavy (non-hydrogen) atoms. The minimum absolute atomic E-state index is 0.0451. The smallest absolute Gasteiger partial charge is 0.475 e. The highest BCUT2D eigenvalue weighted by Crippen LogP contribution is 2.63. The number of rotatable bonds is 27. The van der Waals surface area contributed by atoms with E-state index < -0.39 is 122 Å². The molecule has 12 aliphatic heterocycles. The Bertz CT molecular complexity index is 5990. The monoisotopic (exact) mass is 1940 g/mol. The van der Waals surface area contributed by atoms with Crippen LogP contribution < -0.4 is 28.4 Å². The first kappa shape index (κ1) is 98.6. The van der Waals surface area contributed by atoms with E-state index in [0.29, 0.717) is 205 Å². The number of carbonyl (C=O) groups excluding carboxylic acids is 6. The molecular weight excluding hydrogens is 1820 g/mol. The van der Waals surface area contributed by atoms with E-state index in [1.54, 1.807) is 180 Å². The van der Waals surface area contributed by atoms with Crippen LogP contribution in [0.3, 0.4) is 0 Å². The predicted octanol–water partition coefficient (Wildman–Crippen LogP) is 17.7. The number of ether oxygens (including phenoxy) is 9. The number of phosphoric acid groups is 2. The standard InChI is InChI=1S/C52H59N6O12P.C50H55N6O11P/c1-50(2)47(44(56-21-9-12-41(56)59)35-28-32(31-53)15-18-38(35)67-50)63-24-26-65-71(62,70-49-46(58-23-11-14-43(58)61)37-30-34(55-8)17-20-40(37)69-52(49,5)6)66-27-25-64-48-45(57-22-10-13-42(57)60)36-29-33(54-7)16-19-39(36)68-51(48,3)4;1-48(2)45(42(54-21-9-12-39(54)57)34-27-31(52-7)16-19-37(34)63-48)61-24-25-62-68(60,66-46-43(55-22-10-13-40(55)58)33-26-30(29-51)15-18-36(33)64-49(46,3)4)67-47-44(56-23-11-14-41(56)59)35-28-32(53-8)17-20-38(35)65-50(47,5)6/h15-20,28-30,44-49H,9-14,21-27H2,1-6H3;15-20,26-28,42-47H,9-14,21-25H2,1-6H3. The molecule has 37 heteroatoms. The maximum Gasteiger partial charge on any atom is 0.475 e. The molecule has 6 aromatic carbocycles. The van der Waals surface area contributed by atoms with Gasteiger partial charge in [0, 0.05) is 111 Å². The fourth-order valence-electron chi connectivity index (χ4n) is 21.7. The first-order chi connectivity index (χ1) is 66.2. The van der Waals surface area contributed by atoms with E-state index in [1.165, 1.54) is 0 Å². The zero-order valence-electron chi connectivity index (χ0n) is 79.9. The second-order valence-corrected chi connectivity index (χ2v) is 43.2. The number of phosphoric ester groups is 2. The first-order valence-corrected chi connectivity index (χ1v) is 50.2. The van der Waals surface area contributed by atoms with Gasteiger partial charge in [-0.25, -0.2) is 28.5 Å². The molecule has 0 radical (unpaired) electrons. The lowest BCUT2D eigenvalue weighted by atomic mass is 9.84. The van der Waals surface area contributed by atoms with Crippen LogP contribution in [-0.4, -0.2) is 214 Å². The Morgan fingerprint density at radius 1 is 0.309 bits per heavy atom. The SMILES string of the molecule is [C-]#[N+]c1ccc2c(c1)C(N1CCCC1=O)C(OCCOP(=O)(OC1C(N3CCCC3=O)c3cc(C#N)ccc3OC1(C)C)OC1C(N3CCCC3=O)c3cc([N+]#[C-])ccc3OC1(C)C)C(C)(C)O2.[C-]#[N+]c1ccc2c(c1)C(N1CCCC1=O)C(OCCOP(=O)(OCCOC1C(N3CCCC3=O)c3cc(C#N)ccc3OC1(C)C)OC1C(N3CCCC3=O)c3cc([N+]#[C-])ccc3OC1(C)C)C(C)(C)O2. The molecule has 6 aromatic rings. The number of fused-ring (bicyclic) bond motifs is 6. The summed E-state index contributed by atoms with van der Waals surface area (Å²) < 4.78 is 130. The van der Waals surface area contributed by atoms with E-state index in [2.05, 4.69) is 31.5 Å². The fourth-order valence-corrected chi connectivity index (χ4v) is 24.9. The summed E-state index contributed by atoms with van der Waals surface area (Å²) in [7, 11) is -9.67. The topological polar surface area (TPSA) is 359 Å². The Balaban J connectivity index is 0.000000192. The molecule has 0 N–H and O–H groups in total. The van der Waals surface area contributed by atoms with E-state index in [-0.39, 0.29) is 87.9 Å². The molecule has 12 heterocycles. The average Bonchev–Trinajstić information content (AvgIpc) is 1.10. The van der Waals surface area contributed by atoms with Crippen molar-refractivity contribution in [2.45, 2.75) is 267 Å². The van der Waals surface area contributed by atoms with Gasteiger partial charge in [0.05, 0.1) is 125 Å². The zero-order chi connectivity index (χ0) is 98.8. The van der Waals surface area contributed by atoms with Crippen LogP contribution in [-0.2, 0) is 79.3 Å². The van der Waals surface area contributed by atoms with Crippen LogP contribution in [0.4, 0.5) is 22.7 Å². The predicted molar refractivity (Wildman–Crippen MR) is 500 cm³/mol. The van der Waals surface area contributed by atoms with Crippen molar-refractivity contribution in [1.29, 1.82) is 10.5 Å². The van der Waals surface area contributed by atoms with Crippen molar-refractivity contribution in [2.75, 3.05) is 78.9 Å². The maximum atomic E-state index is 16.2. The normalized spacial score (nSPS) is 27.0. The van der Waals surface area contributed by atoms with Crippen LogP contribution in [0.2, 0.25) is 0 Å². The van der Waals surface area contributed by atoms with Crippen LogP contribution >= 0.6 is 15.6 Å². The third-order valence-corrected chi connectivity index (χ3v) is 31.0. The van der Waals surface area contributed by atoms with Crippen LogP contribution in [0.5, 0.6) is 34.5 Å². The lowest BCUT2D eigenvalue weighted by Crippen LogP contribution is -2.56. The van der Waals surface area contributed by atoms with Crippen molar-refractivity contribution in [1.82, 2.24) is 29.4 Å². The molecular formula is C102H114N12O23P2. The first-order valence-electron chi connectivity index (χ1n) is 47.3. The van der Waals surface area contributed by atoms with E-state index in [9.17, 15) is 39.3 Å². The Labute approximate surface area is 808 Å². The van der Waals surface area contributed by atoms with Gasteiger partial charge in [0.15, 0.2) is 22.7 Å². The van der Waals surface area contributed by atoms with Crippen molar-refractivity contribution < 1.29 is 108 Å². The molecule has 0 bridgehead atoms. The average molecular weight is 1940 g/mol. The van der Waals surface area contributed by atoms with Gasteiger partial charge in [0.25, 0.3) is 0 Å². The summed E-state index contributed by atoms with van der Waals surface area (Å²) in [5.74, 6) is 2.33. The molecule has 6 saturated heterocycles. The van der Waals surface area contributed by atoms with E-state index >= 15 is 9.13 Å². The van der Waals surface area contributed by atoms with E-state index in [1.807, 2.05) is 41.5 Å². The van der Waals surface area contributed by atoms with Gasteiger partial charge in [-0.15, -0.1) is 0 Å². The lowest BCUT2D eigenvalue weighted by Gasteiger charge is -2.50. The Morgan fingerprint density at radius 2 is 0.511 bits per heavy atom. The van der Waals surface area contributed by atoms with Crippen LogP contribution in [0, 0.1) is 49.0 Å². The van der Waals surface area contributed by atoms with Crippen LogP contribution in [0.25, 0.3) is 19.4 Å². The zero-order valence-corrected chi connectivity index (χ0v) is 81.7. The minimum Gasteiger partial charge on any atom is -0.485 e. The highest BCUT2D eigenvalue weighted by atomic mass is 31.2. The third kappa shape index (κ3) is 19.5. The molecule has 0 aromatic heterocycles. The summed E-state index contributed by atoms with van der Waals surface area (Å²) in [5, 5.41) is 19.8. The van der Waals surface area contributed by atoms with Gasteiger partial charge in [0.2, 0.25) is 35.4 Å². The van der Waals surface area contributed by atoms with Crippen molar-refractivity contribution in [3.8, 4) is 46.6 Å². The van der Waals surface area contributed by atoms with Crippen molar-refractivity contribution >= 4 is 73.8 Å². The summed E-state index contributed by atoms with van der Waals surface area (Å²) in [6.45, 7) is 53.7. The summed E-state index contributed by atoms with van der Waals surface area (Å²) in [5.41, 5.74) is -1.21. The number of hydrogen-bond acceptors (Lipinski definition) is 25. The van der Waals surface area contributed by atoms with Gasteiger partial charge in [-0.1, -0.05) is 24.3 Å². The number of likely N-dealkylation sites (tertiary alicyclic amines) is 6. The van der Waals surface area contributed by atoms with Crippen LogP contribution in [0.15, 0.2) is 109 Å². The highest BCUT2D eigenvalue weighted by molar-refractivity contribution is 7.48. The second-order valence-electron chi connectivity index (χ2n) is 40.0. The van der Waals surface area contributed by atoms with Gasteiger partial charge in [-0.2, -0.15) is 10.5 Å². The van der Waals surface area contributed by atoms with Gasteiger partial charge in [-0.05, 0) is 207 Å². The number of nitriles is 2. The molecule has 0 spiro atoms. The van der Waals surface area contributed by atoms with Gasteiger partial charge in [-0.3, -0.25) is 55.9 Å². The summed E-state index contributed by atoms with van der Waals surface area (Å²) in [6.07, 6.45) is -0.220. The van der Waals surface area contributed by atoms with Crippen molar-refractivity contribution in [3.05, 3.63) is 199 Å². The fraction of sp³-hybridized carbons (Fsp3) is 0.529. The summed E-state index contributed by atoms with van der Waals surface area (Å²) in [4.78, 5) is 106. The Kier molecular flexibility index (Phi) is 27.6. The Hall–Kier alpha value is -12.0. The van der Waals surface area contributed by atoms with E-state index in [0.717, 1.165) is 0 Å². The van der Waals surface area contributed by atoms with Gasteiger partial charge < -0.3 is 72.0 Å². The quantitative estimate of drug-likeness (QED) is 0.0262. The molecule has 0 saturated carbocycles. The molecule has 14 atom stereocenters. The minimum atomic E-state index is -4.95. The van der Waals surface area contributed by atoms with E-state index in [4.69, 9.17) is 96.1 Å². The Morgan fingerprint density at radius 3 is 0.727 bits per heavy atom. The molecule has 0 aliphatic carbocycles. The number of amides is 6. The number of nitrogens with zero attached hydrogens (tertiary/aromatic N) is 12. The second kappa shape index (κ2) is 38.9. The molecule has 18 rings (SSSR count). The van der Waals surface area contributed by atoms with Gasteiger partial charge >= 0.3 is 15.6 Å². The lowest BCUT2D eigenvalue weighted by molar-refractivity contribution is -0.153. The third-order valence-electron chi connectivity index (χ3n) is 28.0. The molecule has 6 amide bonds. The number of benzene rings is 6. The highest BCUT2D eigenvalue weighted by Gasteiger charge is 2.61. The van der Waals surface area contributed by atoms with Crippen molar-refractivity contribution in [2.24, 2.45) is 0 Å². The molecule has 6 fully saturated rings. The van der Waals surface area contributed by atoms with Crippen LogP contribution in [0.1, 0.15) is 241 Å². The molecule has 14 unspecified atom stereocenters. The molecule has 35 nitrogen and oxygen atoms in total. The molecule has 12 aliphatic rings. The largest absolute Gasteiger partial charge is 0.485 e. The molecule has 730 valence electrons. The van der Waals surface area contributed by atoms with Gasteiger partial charge in [0.1, 0.15) is 105 Å². The number of hydrogen-bond donors (Lipinski definition) is 0. The van der Waals surface area contributed by atoms with Crippen molar-refractivity contribution in [3.63, 3.8) is 0 Å². The summed E-state index contributed by atoms with van der Waals surface area (Å²) >= 11 is 0. The maximum absolute atomic E-state index is 16.2. The summed E-state index contributed by atoms with van der Waals surface area (Å²) in [6, 6.07) is 30.2.